The molecule has 7 nitrogen and oxygen atoms in total. The van der Waals surface area contributed by atoms with E-state index in [2.05, 4.69) is 15.2 Å². The molecule has 120 valence electrons. The average Bonchev–Trinajstić information content (AvgIpc) is 2.92. The lowest BCUT2D eigenvalue weighted by Crippen LogP contribution is -2.15. The Morgan fingerprint density at radius 1 is 1.12 bits per heavy atom. The number of aromatic hydroxyl groups is 2. The number of nitrogens with one attached hydrogen (secondary N) is 1. The van der Waals surface area contributed by atoms with Gasteiger partial charge in [0.1, 0.15) is 17.7 Å². The summed E-state index contributed by atoms with van der Waals surface area (Å²) in [6.07, 6.45) is 2.70. The number of phenolic OH excluding ortho intramolecular Hbond substituents is 2. The molecule has 0 aliphatic carbocycles. The van der Waals surface area contributed by atoms with Crippen LogP contribution in [0.25, 0.3) is 21.8 Å². The molecule has 2 aromatic heterocycles. The molecular formula is C16H11FN4O3. The second-order valence-corrected chi connectivity index (χ2v) is 5.37. The maximum absolute atomic E-state index is 13.0. The Bertz CT molecular complexity index is 1130. The van der Waals surface area contributed by atoms with Gasteiger partial charge in [0.05, 0.1) is 17.3 Å². The summed E-state index contributed by atoms with van der Waals surface area (Å²) in [6, 6.07) is 5.73. The molecule has 2 aromatic carbocycles. The van der Waals surface area contributed by atoms with E-state index < -0.39 is 5.56 Å². The summed E-state index contributed by atoms with van der Waals surface area (Å²) in [4.78, 5) is 16.5. The monoisotopic (exact) mass is 326 g/mol. The number of nitrogens with zero attached hydrogens (tertiary/aromatic N) is 3. The molecule has 0 atom stereocenters. The van der Waals surface area contributed by atoms with E-state index in [1.807, 2.05) is 0 Å². The lowest BCUT2D eigenvalue weighted by Gasteiger charge is -2.02. The summed E-state index contributed by atoms with van der Waals surface area (Å²) in [5.41, 5.74) is 0.341. The second-order valence-electron chi connectivity index (χ2n) is 5.37. The molecule has 0 radical (unpaired) electrons. The molecule has 3 N–H and O–H groups in total. The summed E-state index contributed by atoms with van der Waals surface area (Å²) in [5.74, 6) is -0.937. The normalized spacial score (nSPS) is 11.4. The highest BCUT2D eigenvalue weighted by molar-refractivity contribution is 6.07. The molecule has 8 heteroatoms. The Kier molecular flexibility index (Phi) is 2.99. The largest absolute Gasteiger partial charge is 0.505 e. The fourth-order valence-corrected chi connectivity index (χ4v) is 2.74. The van der Waals surface area contributed by atoms with Crippen LogP contribution < -0.4 is 5.56 Å². The Balaban J connectivity index is 1.96. The lowest BCUT2D eigenvalue weighted by molar-refractivity contribution is 0.476. The van der Waals surface area contributed by atoms with Crippen LogP contribution in [0.5, 0.6) is 11.5 Å². The van der Waals surface area contributed by atoms with Crippen LogP contribution in [-0.4, -0.2) is 30.0 Å². The molecule has 0 bridgehead atoms. The van der Waals surface area contributed by atoms with Crippen LogP contribution in [0.2, 0.25) is 0 Å². The zero-order valence-corrected chi connectivity index (χ0v) is 12.2. The average molecular weight is 326 g/mol. The third kappa shape index (κ3) is 2.00. The van der Waals surface area contributed by atoms with Gasteiger partial charge in [0.15, 0.2) is 17.0 Å². The van der Waals surface area contributed by atoms with E-state index >= 15 is 0 Å². The standard InChI is InChI=1S/C16H11FN4O3/c17-9-3-1-8(2-4-9)5-21-6-10-11(16(21)24)15(23)13-12(14(10)22)18-7-19-20-13/h1-4,6-7,22-23H,5H2,(H,18,19). The summed E-state index contributed by atoms with van der Waals surface area (Å²) in [5, 5.41) is 27.1. The van der Waals surface area contributed by atoms with Gasteiger partial charge in [-0.05, 0) is 17.7 Å². The highest BCUT2D eigenvalue weighted by Gasteiger charge is 2.20. The Labute approximate surface area is 133 Å². The zero-order chi connectivity index (χ0) is 16.8. The molecule has 0 aliphatic rings. The van der Waals surface area contributed by atoms with Gasteiger partial charge < -0.3 is 14.8 Å². The summed E-state index contributed by atoms with van der Waals surface area (Å²) < 4.78 is 14.3. The van der Waals surface area contributed by atoms with E-state index in [0.717, 1.165) is 0 Å². The molecule has 0 fully saturated rings. The number of aromatic amines is 1. The van der Waals surface area contributed by atoms with E-state index in [0.29, 0.717) is 5.56 Å². The first-order valence-corrected chi connectivity index (χ1v) is 7.07. The Morgan fingerprint density at radius 2 is 1.88 bits per heavy atom. The van der Waals surface area contributed by atoms with Gasteiger partial charge in [-0.25, -0.2) is 9.37 Å². The molecule has 4 rings (SSSR count). The number of benzene rings is 2. The number of hydrogen-bond acceptors (Lipinski definition) is 5. The van der Waals surface area contributed by atoms with Crippen LogP contribution in [-0.2, 0) is 6.54 Å². The van der Waals surface area contributed by atoms with Crippen molar-refractivity contribution in [2.24, 2.45) is 0 Å². The molecule has 0 unspecified atom stereocenters. The number of phenols is 2. The van der Waals surface area contributed by atoms with Crippen molar-refractivity contribution < 1.29 is 14.6 Å². The maximum Gasteiger partial charge on any atom is 0.262 e. The molecule has 0 saturated heterocycles. The maximum atomic E-state index is 13.0. The van der Waals surface area contributed by atoms with Crippen molar-refractivity contribution in [2.45, 2.75) is 6.54 Å². The molecule has 0 aliphatic heterocycles. The van der Waals surface area contributed by atoms with Crippen LogP contribution in [0, 0.1) is 5.82 Å². The minimum atomic E-state index is -0.477. The van der Waals surface area contributed by atoms with Crippen LogP contribution in [0.1, 0.15) is 5.56 Å². The Hall–Kier alpha value is -3.42. The van der Waals surface area contributed by atoms with Crippen LogP contribution in [0.15, 0.2) is 41.6 Å². The molecule has 0 spiro atoms. The minimum Gasteiger partial charge on any atom is -0.505 e. The predicted octanol–water partition coefficient (Wildman–Crippen LogP) is 1.87. The minimum absolute atomic E-state index is 0.0131. The van der Waals surface area contributed by atoms with Gasteiger partial charge in [0, 0.05) is 6.20 Å². The molecule has 2 heterocycles. The van der Waals surface area contributed by atoms with Crippen molar-refractivity contribution in [3.63, 3.8) is 0 Å². The number of H-pyrrole nitrogens is 1. The van der Waals surface area contributed by atoms with Crippen molar-refractivity contribution in [1.29, 1.82) is 0 Å². The first kappa shape index (κ1) is 14.2. The van der Waals surface area contributed by atoms with Gasteiger partial charge in [-0.1, -0.05) is 12.1 Å². The number of rotatable bonds is 2. The van der Waals surface area contributed by atoms with Gasteiger partial charge in [0.25, 0.3) is 5.56 Å². The first-order chi connectivity index (χ1) is 11.6. The number of aromatic nitrogens is 4. The van der Waals surface area contributed by atoms with Crippen molar-refractivity contribution in [3.8, 4) is 11.5 Å². The highest BCUT2D eigenvalue weighted by Crippen LogP contribution is 2.37. The topological polar surface area (TPSA) is 104 Å². The first-order valence-electron chi connectivity index (χ1n) is 7.07. The van der Waals surface area contributed by atoms with E-state index in [1.54, 1.807) is 12.1 Å². The summed E-state index contributed by atoms with van der Waals surface area (Å²) in [6.45, 7) is 0.177. The van der Waals surface area contributed by atoms with Crippen LogP contribution in [0.4, 0.5) is 4.39 Å². The molecule has 0 amide bonds. The Morgan fingerprint density at radius 3 is 2.62 bits per heavy atom. The zero-order valence-electron chi connectivity index (χ0n) is 12.2. The smallest absolute Gasteiger partial charge is 0.262 e. The number of fused-ring (bicyclic) bond motifs is 2. The SMILES string of the molecule is O=c1c2c(O)c3n[nH]cnc3c(O)c2cn1Cc1ccc(F)cc1. The highest BCUT2D eigenvalue weighted by atomic mass is 19.1. The second kappa shape index (κ2) is 5.05. The molecule has 24 heavy (non-hydrogen) atoms. The quantitative estimate of drug-likeness (QED) is 0.488. The van der Waals surface area contributed by atoms with Gasteiger partial charge in [0.2, 0.25) is 0 Å². The number of halogens is 1. The summed E-state index contributed by atoms with van der Waals surface area (Å²) in [7, 11) is 0. The van der Waals surface area contributed by atoms with Crippen molar-refractivity contribution in [3.05, 3.63) is 58.5 Å². The molecule has 0 saturated carbocycles. The summed E-state index contributed by atoms with van der Waals surface area (Å²) >= 11 is 0. The lowest BCUT2D eigenvalue weighted by atomic mass is 10.1. The molecule has 4 aromatic rings. The van der Waals surface area contributed by atoms with Gasteiger partial charge in [-0.3, -0.25) is 9.89 Å². The van der Waals surface area contributed by atoms with Crippen molar-refractivity contribution in [1.82, 2.24) is 19.7 Å². The fraction of sp³-hybridized carbons (Fsp3) is 0.0625. The third-order valence-corrected chi connectivity index (χ3v) is 3.89. The van der Waals surface area contributed by atoms with Crippen molar-refractivity contribution in [2.75, 3.05) is 0 Å². The van der Waals surface area contributed by atoms with Gasteiger partial charge in [-0.2, -0.15) is 5.10 Å². The molecular weight excluding hydrogens is 315 g/mol. The predicted molar refractivity (Wildman–Crippen MR) is 84.5 cm³/mol. The third-order valence-electron chi connectivity index (χ3n) is 3.89. The van der Waals surface area contributed by atoms with Crippen molar-refractivity contribution >= 4 is 21.8 Å². The van der Waals surface area contributed by atoms with Crippen LogP contribution in [0.3, 0.4) is 0 Å². The van der Waals surface area contributed by atoms with E-state index in [1.165, 1.54) is 29.2 Å². The van der Waals surface area contributed by atoms with Gasteiger partial charge in [-0.15, -0.1) is 0 Å². The van der Waals surface area contributed by atoms with Gasteiger partial charge >= 0.3 is 0 Å². The van der Waals surface area contributed by atoms with E-state index in [4.69, 9.17) is 0 Å². The van der Waals surface area contributed by atoms with Crippen LogP contribution >= 0.6 is 0 Å². The van der Waals surface area contributed by atoms with E-state index in [9.17, 15) is 19.4 Å². The van der Waals surface area contributed by atoms with E-state index in [-0.39, 0.29) is 45.7 Å². The number of hydrogen-bond donors (Lipinski definition) is 3. The fourth-order valence-electron chi connectivity index (χ4n) is 2.74.